The van der Waals surface area contributed by atoms with Crippen LogP contribution in [0.5, 0.6) is 0 Å². The zero-order chi connectivity index (χ0) is 30.4. The molecule has 0 aliphatic carbocycles. The number of nitrogens with one attached hydrogen (secondary N) is 1. The molecule has 3 heterocycles. The maximum absolute atomic E-state index is 15.9. The summed E-state index contributed by atoms with van der Waals surface area (Å²) in [5.41, 5.74) is 1.81. The number of alkyl halides is 1. The molecule has 15 heteroatoms. The number of esters is 1. The molecule has 2 aromatic heterocycles. The van der Waals surface area contributed by atoms with Crippen molar-refractivity contribution in [3.63, 3.8) is 0 Å². The van der Waals surface area contributed by atoms with Gasteiger partial charge in [0.2, 0.25) is 5.91 Å². The predicted octanol–water partition coefficient (Wildman–Crippen LogP) is 4.51. The second-order valence-electron chi connectivity index (χ2n) is 9.57. The monoisotopic (exact) mass is 613 g/mol. The molecule has 0 radical (unpaired) electrons. The standard InChI is InChI=1S/C28H29FN5O8P/c1-18(35)33-26-24-27(31-16-30-26)34(17-32-24)28-23(29)25(41-19(2)36)22(42-28)15-40-43(37,38-13-20-9-5-3-6-10-20)39-14-21-11-7-4-8-12-21/h3-12,16-17,22-23,25,28H,13-15H2,1-2H3,(H,30,31,33,35). The summed E-state index contributed by atoms with van der Waals surface area (Å²) in [4.78, 5) is 35.8. The zero-order valence-electron chi connectivity index (χ0n) is 23.2. The highest BCUT2D eigenvalue weighted by molar-refractivity contribution is 7.48. The number of aromatic nitrogens is 4. The summed E-state index contributed by atoms with van der Waals surface area (Å²) in [6.07, 6.45) is -3.46. The molecule has 0 saturated carbocycles. The molecular formula is C28H29FN5O8P. The molecule has 1 N–H and O–H groups in total. The van der Waals surface area contributed by atoms with E-state index in [1.54, 1.807) is 48.5 Å². The first-order valence-corrected chi connectivity index (χ1v) is 14.7. The summed E-state index contributed by atoms with van der Waals surface area (Å²) in [7, 11) is -4.25. The molecule has 43 heavy (non-hydrogen) atoms. The SMILES string of the molecule is CC(=O)Nc1ncnc2c1ncn2C1OC(COP(=O)(OCc2ccccc2)OCc2ccccc2)C(OC(C)=O)C1F. The van der Waals surface area contributed by atoms with Gasteiger partial charge in [-0.2, -0.15) is 0 Å². The Hall–Kier alpha value is -4.07. The van der Waals surface area contributed by atoms with Crippen molar-refractivity contribution in [1.82, 2.24) is 19.5 Å². The molecule has 5 rings (SSSR count). The maximum Gasteiger partial charge on any atom is 0.475 e. The van der Waals surface area contributed by atoms with E-state index in [-0.39, 0.29) is 36.1 Å². The van der Waals surface area contributed by atoms with Gasteiger partial charge in [-0.15, -0.1) is 0 Å². The van der Waals surface area contributed by atoms with Crippen LogP contribution in [0.3, 0.4) is 0 Å². The van der Waals surface area contributed by atoms with Crippen LogP contribution in [-0.2, 0) is 50.4 Å². The number of phosphoric ester groups is 1. The second kappa shape index (κ2) is 13.5. The van der Waals surface area contributed by atoms with Gasteiger partial charge in [-0.25, -0.2) is 23.9 Å². The van der Waals surface area contributed by atoms with E-state index < -0.39 is 45.0 Å². The predicted molar refractivity (Wildman–Crippen MR) is 150 cm³/mol. The molecule has 4 unspecified atom stereocenters. The van der Waals surface area contributed by atoms with E-state index in [9.17, 15) is 14.2 Å². The molecule has 4 atom stereocenters. The van der Waals surface area contributed by atoms with Crippen molar-refractivity contribution in [1.29, 1.82) is 0 Å². The number of fused-ring (bicyclic) bond motifs is 1. The number of hydrogen-bond donors (Lipinski definition) is 1. The number of nitrogens with zero attached hydrogens (tertiary/aromatic N) is 4. The van der Waals surface area contributed by atoms with E-state index >= 15 is 4.39 Å². The fraction of sp³-hybridized carbons (Fsp3) is 0.321. The van der Waals surface area contributed by atoms with Crippen LogP contribution in [0, 0.1) is 0 Å². The van der Waals surface area contributed by atoms with Gasteiger partial charge in [0, 0.05) is 13.8 Å². The lowest BCUT2D eigenvalue weighted by Crippen LogP contribution is -2.35. The zero-order valence-corrected chi connectivity index (χ0v) is 24.1. The van der Waals surface area contributed by atoms with Gasteiger partial charge >= 0.3 is 13.8 Å². The number of phosphoric acid groups is 1. The molecule has 2 aromatic carbocycles. The first-order valence-electron chi connectivity index (χ1n) is 13.3. The lowest BCUT2D eigenvalue weighted by Gasteiger charge is -2.22. The van der Waals surface area contributed by atoms with Crippen molar-refractivity contribution in [2.45, 2.75) is 51.7 Å². The Morgan fingerprint density at radius 1 is 0.953 bits per heavy atom. The van der Waals surface area contributed by atoms with Crippen molar-refractivity contribution in [2.24, 2.45) is 0 Å². The number of halogens is 1. The van der Waals surface area contributed by atoms with Crippen LogP contribution in [0.2, 0.25) is 0 Å². The number of amides is 1. The molecule has 1 fully saturated rings. The number of carbonyl (C=O) groups excluding carboxylic acids is 2. The number of ether oxygens (including phenoxy) is 2. The summed E-state index contributed by atoms with van der Waals surface area (Å²) in [5.74, 6) is -1.000. The first-order chi connectivity index (χ1) is 20.7. The molecule has 1 aliphatic heterocycles. The van der Waals surface area contributed by atoms with Gasteiger partial charge in [0.1, 0.15) is 12.4 Å². The minimum Gasteiger partial charge on any atom is -0.456 e. The van der Waals surface area contributed by atoms with Gasteiger partial charge in [-0.1, -0.05) is 60.7 Å². The third kappa shape index (κ3) is 7.48. The van der Waals surface area contributed by atoms with Crippen LogP contribution in [0.25, 0.3) is 11.2 Å². The van der Waals surface area contributed by atoms with Gasteiger partial charge in [0.25, 0.3) is 0 Å². The van der Waals surface area contributed by atoms with E-state index in [1.807, 2.05) is 12.1 Å². The fourth-order valence-electron chi connectivity index (χ4n) is 4.41. The van der Waals surface area contributed by atoms with Crippen molar-refractivity contribution >= 4 is 36.7 Å². The number of hydrogen-bond acceptors (Lipinski definition) is 11. The van der Waals surface area contributed by atoms with Gasteiger partial charge in [0.15, 0.2) is 35.5 Å². The van der Waals surface area contributed by atoms with Gasteiger partial charge in [0.05, 0.1) is 26.1 Å². The van der Waals surface area contributed by atoms with Crippen LogP contribution >= 0.6 is 7.82 Å². The number of rotatable bonds is 12. The average molecular weight is 614 g/mol. The van der Waals surface area contributed by atoms with E-state index in [4.69, 9.17) is 23.0 Å². The van der Waals surface area contributed by atoms with Crippen LogP contribution in [-0.4, -0.2) is 56.4 Å². The Labute approximate surface area is 245 Å². The Bertz CT molecular complexity index is 1560. The Morgan fingerprint density at radius 3 is 2.16 bits per heavy atom. The van der Waals surface area contributed by atoms with Crippen molar-refractivity contribution in [3.8, 4) is 0 Å². The highest BCUT2D eigenvalue weighted by Gasteiger charge is 2.50. The van der Waals surface area contributed by atoms with Gasteiger partial charge in [-0.3, -0.25) is 27.7 Å². The third-order valence-corrected chi connectivity index (χ3v) is 7.71. The highest BCUT2D eigenvalue weighted by atomic mass is 31.2. The lowest BCUT2D eigenvalue weighted by molar-refractivity contribution is -0.152. The van der Waals surface area contributed by atoms with Crippen molar-refractivity contribution < 1.29 is 41.6 Å². The topological polar surface area (TPSA) is 153 Å². The normalized spacial score (nSPS) is 20.3. The molecule has 1 saturated heterocycles. The maximum atomic E-state index is 15.9. The van der Waals surface area contributed by atoms with E-state index in [1.165, 1.54) is 24.1 Å². The Morgan fingerprint density at radius 2 is 1.58 bits per heavy atom. The van der Waals surface area contributed by atoms with Gasteiger partial charge in [-0.05, 0) is 11.1 Å². The molecule has 226 valence electrons. The van der Waals surface area contributed by atoms with Crippen LogP contribution in [0.4, 0.5) is 10.2 Å². The quantitative estimate of drug-likeness (QED) is 0.177. The third-order valence-electron chi connectivity index (χ3n) is 6.36. The number of benzene rings is 2. The largest absolute Gasteiger partial charge is 0.475 e. The summed E-state index contributed by atoms with van der Waals surface area (Å²) in [6, 6.07) is 18.0. The fourth-order valence-corrected chi connectivity index (χ4v) is 5.58. The molecule has 4 aromatic rings. The summed E-state index contributed by atoms with van der Waals surface area (Å²) in [5, 5.41) is 2.54. The summed E-state index contributed by atoms with van der Waals surface area (Å²) in [6.45, 7) is 1.76. The van der Waals surface area contributed by atoms with E-state index in [0.717, 1.165) is 18.1 Å². The number of anilines is 1. The first kappa shape index (κ1) is 30.4. The summed E-state index contributed by atoms with van der Waals surface area (Å²) < 4.78 is 59.0. The molecule has 0 bridgehead atoms. The molecule has 13 nitrogen and oxygen atoms in total. The van der Waals surface area contributed by atoms with E-state index in [2.05, 4.69) is 20.3 Å². The second-order valence-corrected chi connectivity index (χ2v) is 11.2. The summed E-state index contributed by atoms with van der Waals surface area (Å²) >= 11 is 0. The number of carbonyl (C=O) groups is 2. The van der Waals surface area contributed by atoms with E-state index in [0.29, 0.717) is 0 Å². The van der Waals surface area contributed by atoms with Crippen LogP contribution in [0.15, 0.2) is 73.3 Å². The minimum atomic E-state index is -4.25. The van der Waals surface area contributed by atoms with Crippen molar-refractivity contribution in [2.75, 3.05) is 11.9 Å². The minimum absolute atomic E-state index is 0.0858. The Balaban J connectivity index is 1.36. The average Bonchev–Trinajstić information content (AvgIpc) is 3.56. The van der Waals surface area contributed by atoms with Crippen LogP contribution < -0.4 is 5.32 Å². The van der Waals surface area contributed by atoms with Gasteiger partial charge < -0.3 is 14.8 Å². The molecular weight excluding hydrogens is 584 g/mol. The van der Waals surface area contributed by atoms with Crippen molar-refractivity contribution in [3.05, 3.63) is 84.4 Å². The molecule has 0 spiro atoms. The smallest absolute Gasteiger partial charge is 0.456 e. The lowest BCUT2D eigenvalue weighted by atomic mass is 10.1. The van der Waals surface area contributed by atoms with Crippen LogP contribution in [0.1, 0.15) is 31.2 Å². The molecule has 1 aliphatic rings. The highest BCUT2D eigenvalue weighted by Crippen LogP contribution is 2.52. The number of imidazole rings is 1. The molecule has 1 amide bonds. The Kier molecular flexibility index (Phi) is 9.53.